The van der Waals surface area contributed by atoms with Gasteiger partial charge in [0.2, 0.25) is 5.88 Å². The Morgan fingerprint density at radius 1 is 1.33 bits per heavy atom. The summed E-state index contributed by atoms with van der Waals surface area (Å²) < 4.78 is 5.06. The van der Waals surface area contributed by atoms with Gasteiger partial charge >= 0.3 is 0 Å². The van der Waals surface area contributed by atoms with Crippen LogP contribution in [0.4, 0.5) is 0 Å². The van der Waals surface area contributed by atoms with Crippen LogP contribution in [0.5, 0.6) is 5.88 Å². The highest BCUT2D eigenvalue weighted by atomic mass is 32.2. The van der Waals surface area contributed by atoms with Gasteiger partial charge in [0.05, 0.1) is 18.7 Å². The SMILES string of the molecule is COc1ccc2cc(C(O)C(O)CSC(C)=O)ccc2n1. The minimum atomic E-state index is -1.04. The summed E-state index contributed by atoms with van der Waals surface area (Å²) in [4.78, 5) is 15.2. The number of rotatable bonds is 5. The summed E-state index contributed by atoms with van der Waals surface area (Å²) >= 11 is 0.993. The van der Waals surface area contributed by atoms with Gasteiger partial charge in [-0.25, -0.2) is 4.98 Å². The molecule has 2 rings (SSSR count). The molecule has 0 fully saturated rings. The molecular formula is C15H17NO4S. The van der Waals surface area contributed by atoms with E-state index in [0.29, 0.717) is 11.4 Å². The number of ether oxygens (including phenoxy) is 1. The molecule has 0 aliphatic rings. The van der Waals surface area contributed by atoms with E-state index in [4.69, 9.17) is 4.74 Å². The monoisotopic (exact) mass is 307 g/mol. The van der Waals surface area contributed by atoms with Gasteiger partial charge in [-0.15, -0.1) is 0 Å². The van der Waals surface area contributed by atoms with Gasteiger partial charge in [0.25, 0.3) is 0 Å². The second-order valence-corrected chi connectivity index (χ2v) is 5.82. The van der Waals surface area contributed by atoms with E-state index in [0.717, 1.165) is 22.7 Å². The number of aliphatic hydroxyl groups is 2. The quantitative estimate of drug-likeness (QED) is 0.878. The Labute approximate surface area is 127 Å². The van der Waals surface area contributed by atoms with E-state index in [2.05, 4.69) is 4.98 Å². The van der Waals surface area contributed by atoms with Crippen molar-refractivity contribution in [2.45, 2.75) is 19.1 Å². The molecular weight excluding hydrogens is 290 g/mol. The van der Waals surface area contributed by atoms with Gasteiger partial charge in [-0.1, -0.05) is 17.8 Å². The summed E-state index contributed by atoms with van der Waals surface area (Å²) in [6.45, 7) is 1.43. The van der Waals surface area contributed by atoms with E-state index in [-0.39, 0.29) is 10.9 Å². The summed E-state index contributed by atoms with van der Waals surface area (Å²) in [5, 5.41) is 20.8. The first-order valence-corrected chi connectivity index (χ1v) is 7.44. The molecule has 6 heteroatoms. The minimum Gasteiger partial charge on any atom is -0.481 e. The van der Waals surface area contributed by atoms with E-state index >= 15 is 0 Å². The molecule has 21 heavy (non-hydrogen) atoms. The molecule has 2 N–H and O–H groups in total. The Kier molecular flexibility index (Phi) is 5.17. The van der Waals surface area contributed by atoms with Crippen molar-refractivity contribution in [1.82, 2.24) is 4.98 Å². The predicted molar refractivity (Wildman–Crippen MR) is 82.4 cm³/mol. The fourth-order valence-corrected chi connectivity index (χ4v) is 2.53. The molecule has 0 saturated carbocycles. The van der Waals surface area contributed by atoms with Crippen LogP contribution in [-0.2, 0) is 4.79 Å². The third-order valence-electron chi connectivity index (χ3n) is 3.06. The van der Waals surface area contributed by atoms with Crippen molar-refractivity contribution in [3.8, 4) is 5.88 Å². The Balaban J connectivity index is 2.19. The molecule has 2 unspecified atom stereocenters. The maximum Gasteiger partial charge on any atom is 0.213 e. The summed E-state index contributed by atoms with van der Waals surface area (Å²) in [6, 6.07) is 8.82. The van der Waals surface area contributed by atoms with Crippen LogP contribution in [0.2, 0.25) is 0 Å². The number of hydrogen-bond donors (Lipinski definition) is 2. The highest BCUT2D eigenvalue weighted by molar-refractivity contribution is 8.13. The summed E-state index contributed by atoms with van der Waals surface area (Å²) in [6.07, 6.45) is -2.04. The highest BCUT2D eigenvalue weighted by Gasteiger charge is 2.19. The first-order valence-electron chi connectivity index (χ1n) is 6.45. The van der Waals surface area contributed by atoms with Gasteiger partial charge in [-0.05, 0) is 23.8 Å². The molecule has 0 radical (unpaired) electrons. The van der Waals surface area contributed by atoms with Gasteiger partial charge in [0, 0.05) is 24.1 Å². The van der Waals surface area contributed by atoms with Gasteiger partial charge in [0.1, 0.15) is 6.10 Å². The maximum absolute atomic E-state index is 10.9. The lowest BCUT2D eigenvalue weighted by Crippen LogP contribution is -2.21. The molecule has 0 aliphatic carbocycles. The molecule has 0 amide bonds. The molecule has 0 spiro atoms. The number of methoxy groups -OCH3 is 1. The Morgan fingerprint density at radius 2 is 2.10 bits per heavy atom. The molecule has 1 aromatic heterocycles. The molecule has 0 aliphatic heterocycles. The topological polar surface area (TPSA) is 79.6 Å². The number of pyridine rings is 1. The van der Waals surface area contributed by atoms with Crippen molar-refractivity contribution < 1.29 is 19.7 Å². The Morgan fingerprint density at radius 3 is 2.76 bits per heavy atom. The van der Waals surface area contributed by atoms with Crippen molar-refractivity contribution >= 4 is 27.8 Å². The second-order valence-electron chi connectivity index (χ2n) is 4.62. The minimum absolute atomic E-state index is 0.0870. The third-order valence-corrected chi connectivity index (χ3v) is 3.97. The number of carbonyl (C=O) groups is 1. The van der Waals surface area contributed by atoms with E-state index in [1.807, 2.05) is 6.07 Å². The molecule has 5 nitrogen and oxygen atoms in total. The highest BCUT2D eigenvalue weighted by Crippen LogP contribution is 2.24. The molecule has 0 saturated heterocycles. The standard InChI is InChI=1S/C15H17NO4S/c1-9(17)21-8-13(18)15(19)11-3-5-12-10(7-11)4-6-14(16-12)20-2/h3-7,13,15,18-19H,8H2,1-2H3. The van der Waals surface area contributed by atoms with Crippen molar-refractivity contribution in [2.75, 3.05) is 12.9 Å². The average Bonchev–Trinajstić information content (AvgIpc) is 2.50. The summed E-state index contributed by atoms with van der Waals surface area (Å²) in [5.41, 5.74) is 1.34. The fraction of sp³-hybridized carbons (Fsp3) is 0.333. The average molecular weight is 307 g/mol. The first kappa shape index (κ1) is 15.8. The third kappa shape index (κ3) is 3.93. The lowest BCUT2D eigenvalue weighted by Gasteiger charge is -2.17. The second kappa shape index (κ2) is 6.89. The van der Waals surface area contributed by atoms with E-state index in [1.165, 1.54) is 6.92 Å². The molecule has 112 valence electrons. The maximum atomic E-state index is 10.9. The van der Waals surface area contributed by atoms with Crippen LogP contribution in [0.3, 0.4) is 0 Å². The largest absolute Gasteiger partial charge is 0.481 e. The summed E-state index contributed by atoms with van der Waals surface area (Å²) in [5.74, 6) is 0.684. The van der Waals surface area contributed by atoms with E-state index < -0.39 is 12.2 Å². The fourth-order valence-electron chi connectivity index (χ4n) is 1.94. The van der Waals surface area contributed by atoms with Gasteiger partial charge in [-0.2, -0.15) is 0 Å². The molecule has 1 heterocycles. The molecule has 1 aromatic carbocycles. The molecule has 2 atom stereocenters. The number of nitrogens with zero attached hydrogens (tertiary/aromatic N) is 1. The molecule has 2 aromatic rings. The Bertz CT molecular complexity index is 647. The summed E-state index contributed by atoms with van der Waals surface area (Å²) in [7, 11) is 1.55. The van der Waals surface area contributed by atoms with Gasteiger partial charge < -0.3 is 14.9 Å². The first-order chi connectivity index (χ1) is 10.0. The molecule has 0 bridgehead atoms. The normalized spacial score (nSPS) is 13.9. The number of benzene rings is 1. The van der Waals surface area contributed by atoms with Crippen LogP contribution in [0.1, 0.15) is 18.6 Å². The van der Waals surface area contributed by atoms with Crippen molar-refractivity contribution in [2.24, 2.45) is 0 Å². The number of aromatic nitrogens is 1. The van der Waals surface area contributed by atoms with Crippen molar-refractivity contribution in [3.05, 3.63) is 35.9 Å². The van der Waals surface area contributed by atoms with Gasteiger partial charge in [0.15, 0.2) is 5.12 Å². The predicted octanol–water partition coefficient (Wildman–Crippen LogP) is 1.92. The zero-order valence-corrected chi connectivity index (χ0v) is 12.6. The lowest BCUT2D eigenvalue weighted by molar-refractivity contribution is -0.109. The van der Waals surface area contributed by atoms with Crippen molar-refractivity contribution in [3.63, 3.8) is 0 Å². The van der Waals surface area contributed by atoms with Gasteiger partial charge in [-0.3, -0.25) is 4.79 Å². The zero-order chi connectivity index (χ0) is 15.4. The number of aliphatic hydroxyl groups excluding tert-OH is 2. The van der Waals surface area contributed by atoms with Crippen LogP contribution in [-0.4, -0.2) is 39.3 Å². The van der Waals surface area contributed by atoms with Crippen LogP contribution in [0.15, 0.2) is 30.3 Å². The van der Waals surface area contributed by atoms with Crippen LogP contribution < -0.4 is 4.74 Å². The van der Waals surface area contributed by atoms with Crippen LogP contribution in [0.25, 0.3) is 10.9 Å². The van der Waals surface area contributed by atoms with Crippen LogP contribution >= 0.6 is 11.8 Å². The number of carbonyl (C=O) groups excluding carboxylic acids is 1. The van der Waals surface area contributed by atoms with E-state index in [1.54, 1.807) is 31.4 Å². The Hall–Kier alpha value is -1.63. The number of fused-ring (bicyclic) bond motifs is 1. The van der Waals surface area contributed by atoms with Crippen molar-refractivity contribution in [1.29, 1.82) is 0 Å². The number of hydrogen-bond acceptors (Lipinski definition) is 6. The zero-order valence-electron chi connectivity index (χ0n) is 11.8. The smallest absolute Gasteiger partial charge is 0.213 e. The lowest BCUT2D eigenvalue weighted by atomic mass is 10.0. The van der Waals surface area contributed by atoms with Crippen LogP contribution in [0, 0.1) is 0 Å². The van der Waals surface area contributed by atoms with E-state index in [9.17, 15) is 15.0 Å². The number of thioether (sulfide) groups is 1.